The van der Waals surface area contributed by atoms with E-state index in [9.17, 15) is 4.79 Å². The van der Waals surface area contributed by atoms with Gasteiger partial charge < -0.3 is 20.3 Å². The lowest BCUT2D eigenvalue weighted by Crippen LogP contribution is -2.44. The van der Waals surface area contributed by atoms with Crippen molar-refractivity contribution in [2.45, 2.75) is 20.0 Å². The molecule has 0 radical (unpaired) electrons. The normalized spacial score (nSPS) is 22.5. The first kappa shape index (κ1) is 12.3. The molecule has 5 heteroatoms. The minimum atomic E-state index is -0.433. The van der Waals surface area contributed by atoms with Gasteiger partial charge in [-0.15, -0.1) is 0 Å². The van der Waals surface area contributed by atoms with Crippen molar-refractivity contribution in [2.75, 3.05) is 36.4 Å². The number of benzene rings is 1. The van der Waals surface area contributed by atoms with Crippen molar-refractivity contribution in [1.29, 1.82) is 0 Å². The van der Waals surface area contributed by atoms with Crippen molar-refractivity contribution < 1.29 is 9.53 Å². The molecule has 1 aromatic rings. The summed E-state index contributed by atoms with van der Waals surface area (Å²) in [5.41, 5.74) is 3.01. The number of hydrogen-bond donors (Lipinski definition) is 2. The van der Waals surface area contributed by atoms with E-state index in [4.69, 9.17) is 4.74 Å². The maximum absolute atomic E-state index is 11.7. The molecule has 0 aliphatic carbocycles. The van der Waals surface area contributed by atoms with Crippen molar-refractivity contribution in [3.05, 3.63) is 17.7 Å². The number of fused-ring (bicyclic) bond motifs is 1. The number of carbonyl (C=O) groups is 1. The summed E-state index contributed by atoms with van der Waals surface area (Å²) in [7, 11) is 0. The quantitative estimate of drug-likeness (QED) is 0.795. The molecule has 3 rings (SSSR count). The van der Waals surface area contributed by atoms with Crippen molar-refractivity contribution in [1.82, 2.24) is 5.32 Å². The molecule has 2 aliphatic heterocycles. The second-order valence-corrected chi connectivity index (χ2v) is 5.15. The van der Waals surface area contributed by atoms with Gasteiger partial charge in [0.05, 0.1) is 11.4 Å². The van der Waals surface area contributed by atoms with Crippen LogP contribution in [0.3, 0.4) is 0 Å². The van der Waals surface area contributed by atoms with E-state index in [1.165, 1.54) is 0 Å². The van der Waals surface area contributed by atoms with Crippen molar-refractivity contribution in [3.63, 3.8) is 0 Å². The predicted octanol–water partition coefficient (Wildman–Crippen LogP) is 1.12. The van der Waals surface area contributed by atoms with E-state index >= 15 is 0 Å². The Bertz CT molecular complexity index is 510. The van der Waals surface area contributed by atoms with Gasteiger partial charge in [0.15, 0.2) is 11.9 Å². The first-order valence-corrected chi connectivity index (χ1v) is 6.73. The van der Waals surface area contributed by atoms with Crippen LogP contribution in [-0.2, 0) is 4.79 Å². The van der Waals surface area contributed by atoms with Gasteiger partial charge in [0.25, 0.3) is 5.91 Å². The van der Waals surface area contributed by atoms with Crippen molar-refractivity contribution in [2.24, 2.45) is 0 Å². The highest BCUT2D eigenvalue weighted by Gasteiger charge is 2.28. The Morgan fingerprint density at radius 2 is 2.05 bits per heavy atom. The summed E-state index contributed by atoms with van der Waals surface area (Å²) in [5.74, 6) is 0.726. The van der Waals surface area contributed by atoms with E-state index in [1.54, 1.807) is 6.92 Å². The fourth-order valence-corrected chi connectivity index (χ4v) is 2.58. The first-order chi connectivity index (χ1) is 9.15. The number of piperazine rings is 1. The van der Waals surface area contributed by atoms with E-state index in [-0.39, 0.29) is 5.91 Å². The summed E-state index contributed by atoms with van der Waals surface area (Å²) in [4.78, 5) is 14.0. The molecule has 2 N–H and O–H groups in total. The zero-order chi connectivity index (χ0) is 13.4. The number of anilines is 2. The van der Waals surface area contributed by atoms with Gasteiger partial charge in [-0.25, -0.2) is 0 Å². The molecule has 1 atom stereocenters. The molecule has 0 saturated carbocycles. The fourth-order valence-electron chi connectivity index (χ4n) is 2.58. The molecule has 1 fully saturated rings. The fraction of sp³-hybridized carbons (Fsp3) is 0.500. The molecule has 0 bridgehead atoms. The number of rotatable bonds is 1. The summed E-state index contributed by atoms with van der Waals surface area (Å²) >= 11 is 0. The van der Waals surface area contributed by atoms with Crippen LogP contribution in [0, 0.1) is 6.92 Å². The molecule has 1 aromatic carbocycles. The number of amides is 1. The van der Waals surface area contributed by atoms with Crippen molar-refractivity contribution in [3.8, 4) is 5.75 Å². The molecule has 2 aliphatic rings. The standard InChI is InChI=1S/C14H19N3O2/c1-9-7-11-13(19-10(2)14(18)16-11)12(8-9)17-5-3-15-4-6-17/h7-8,10,15H,3-6H2,1-2H3,(H,16,18). The van der Waals surface area contributed by atoms with Gasteiger partial charge in [0, 0.05) is 26.2 Å². The Labute approximate surface area is 112 Å². The Morgan fingerprint density at radius 3 is 2.79 bits per heavy atom. The molecule has 19 heavy (non-hydrogen) atoms. The predicted molar refractivity (Wildman–Crippen MR) is 75.0 cm³/mol. The molecule has 1 saturated heterocycles. The lowest BCUT2D eigenvalue weighted by Gasteiger charge is -2.34. The molecule has 102 valence electrons. The Morgan fingerprint density at radius 1 is 1.32 bits per heavy atom. The molecule has 0 spiro atoms. The van der Waals surface area contributed by atoms with Gasteiger partial charge in [-0.1, -0.05) is 0 Å². The first-order valence-electron chi connectivity index (χ1n) is 6.73. The van der Waals surface area contributed by atoms with Gasteiger partial charge >= 0.3 is 0 Å². The van der Waals surface area contributed by atoms with Crippen LogP contribution >= 0.6 is 0 Å². The highest BCUT2D eigenvalue weighted by atomic mass is 16.5. The summed E-state index contributed by atoms with van der Waals surface area (Å²) in [5, 5.41) is 6.27. The Balaban J connectivity index is 2.01. The minimum Gasteiger partial charge on any atom is -0.477 e. The molecule has 0 aromatic heterocycles. The van der Waals surface area contributed by atoms with Gasteiger partial charge in [0.2, 0.25) is 0 Å². The maximum atomic E-state index is 11.7. The highest BCUT2D eigenvalue weighted by Crippen LogP contribution is 2.40. The summed E-state index contributed by atoms with van der Waals surface area (Å²) in [6.07, 6.45) is -0.433. The van der Waals surface area contributed by atoms with Crippen LogP contribution in [0.1, 0.15) is 12.5 Å². The average Bonchev–Trinajstić information content (AvgIpc) is 2.41. The zero-order valence-electron chi connectivity index (χ0n) is 11.3. The zero-order valence-corrected chi connectivity index (χ0v) is 11.3. The second kappa shape index (κ2) is 4.74. The molecule has 1 unspecified atom stereocenters. The summed E-state index contributed by atoms with van der Waals surface area (Å²) in [6.45, 7) is 7.69. The lowest BCUT2D eigenvalue weighted by atomic mass is 10.1. The number of nitrogens with one attached hydrogen (secondary N) is 2. The summed E-state index contributed by atoms with van der Waals surface area (Å²) < 4.78 is 5.81. The minimum absolute atomic E-state index is 0.0793. The van der Waals surface area contributed by atoms with E-state index in [1.807, 2.05) is 13.0 Å². The maximum Gasteiger partial charge on any atom is 0.265 e. The third-order valence-electron chi connectivity index (χ3n) is 3.59. The lowest BCUT2D eigenvalue weighted by molar-refractivity contribution is -0.122. The number of ether oxygens (including phenoxy) is 1. The van der Waals surface area contributed by atoms with Crippen LogP contribution < -0.4 is 20.3 Å². The molecule has 5 nitrogen and oxygen atoms in total. The SMILES string of the molecule is Cc1cc2c(c(N3CCNCC3)c1)OC(C)C(=O)N2. The van der Waals surface area contributed by atoms with Crippen LogP contribution in [-0.4, -0.2) is 38.2 Å². The molecular weight excluding hydrogens is 242 g/mol. The number of carbonyl (C=O) groups excluding carboxylic acids is 1. The Kier molecular flexibility index (Phi) is 3.06. The van der Waals surface area contributed by atoms with E-state index in [2.05, 4.69) is 21.6 Å². The van der Waals surface area contributed by atoms with E-state index in [0.717, 1.165) is 48.9 Å². The van der Waals surface area contributed by atoms with Crippen LogP contribution in [0.15, 0.2) is 12.1 Å². The Hall–Kier alpha value is -1.75. The average molecular weight is 261 g/mol. The topological polar surface area (TPSA) is 53.6 Å². The summed E-state index contributed by atoms with van der Waals surface area (Å²) in [6, 6.07) is 4.10. The van der Waals surface area contributed by atoms with Crippen LogP contribution in [0.25, 0.3) is 0 Å². The van der Waals surface area contributed by atoms with Crippen LogP contribution in [0.2, 0.25) is 0 Å². The van der Waals surface area contributed by atoms with Gasteiger partial charge in [-0.2, -0.15) is 0 Å². The molecule has 1 amide bonds. The number of nitrogens with zero attached hydrogens (tertiary/aromatic N) is 1. The van der Waals surface area contributed by atoms with E-state index in [0.29, 0.717) is 0 Å². The monoisotopic (exact) mass is 261 g/mol. The smallest absolute Gasteiger partial charge is 0.265 e. The highest BCUT2D eigenvalue weighted by molar-refractivity contribution is 5.99. The van der Waals surface area contributed by atoms with Crippen molar-refractivity contribution >= 4 is 17.3 Å². The number of aryl methyl sites for hydroxylation is 1. The molecule has 2 heterocycles. The van der Waals surface area contributed by atoms with Gasteiger partial charge in [-0.05, 0) is 31.5 Å². The van der Waals surface area contributed by atoms with Gasteiger partial charge in [-0.3, -0.25) is 4.79 Å². The van der Waals surface area contributed by atoms with Gasteiger partial charge in [0.1, 0.15) is 0 Å². The number of hydrogen-bond acceptors (Lipinski definition) is 4. The van der Waals surface area contributed by atoms with E-state index < -0.39 is 6.10 Å². The second-order valence-electron chi connectivity index (χ2n) is 5.15. The third-order valence-corrected chi connectivity index (χ3v) is 3.59. The molecular formula is C14H19N3O2. The van der Waals surface area contributed by atoms with Crippen LogP contribution in [0.4, 0.5) is 11.4 Å². The van der Waals surface area contributed by atoms with Crippen LogP contribution in [0.5, 0.6) is 5.75 Å². The largest absolute Gasteiger partial charge is 0.477 e. The third kappa shape index (κ3) is 2.26.